The minimum atomic E-state index is -3.78. The highest BCUT2D eigenvalue weighted by molar-refractivity contribution is 7.89. The molecule has 0 aliphatic heterocycles. The molecule has 10 heteroatoms. The lowest BCUT2D eigenvalue weighted by molar-refractivity contribution is -0.0258. The van der Waals surface area contributed by atoms with Gasteiger partial charge >= 0.3 is 0 Å². The average molecular weight is 369 g/mol. The number of rotatable bonds is 5. The van der Waals surface area contributed by atoms with E-state index in [4.69, 9.17) is 0 Å². The van der Waals surface area contributed by atoms with Crippen LogP contribution in [0.5, 0.6) is 0 Å². The van der Waals surface area contributed by atoms with Crippen molar-refractivity contribution in [2.75, 3.05) is 14.2 Å². The van der Waals surface area contributed by atoms with Crippen molar-refractivity contribution in [3.8, 4) is 0 Å². The molecule has 2 aromatic rings. The maximum atomic E-state index is 12.0. The van der Waals surface area contributed by atoms with Crippen LogP contribution >= 0.6 is 11.3 Å². The van der Waals surface area contributed by atoms with Crippen LogP contribution in [0.2, 0.25) is 0 Å². The summed E-state index contributed by atoms with van der Waals surface area (Å²) >= 11 is 1.24. The molecule has 128 valence electrons. The van der Waals surface area contributed by atoms with Crippen LogP contribution in [0.15, 0.2) is 46.7 Å². The number of hydroxylamine groups is 1. The standard InChI is InChI=1S/C14H15N3O5S2/c1-17(22-2)24(20,21)11-7-5-10(6-8-11)13(18)15-16-14(19)12-4-3-9-23-12/h3-9H,1-2H3,(H,15,18)(H,16,19). The van der Waals surface area contributed by atoms with Gasteiger partial charge in [0.15, 0.2) is 0 Å². The number of hydrogen-bond donors (Lipinski definition) is 2. The summed E-state index contributed by atoms with van der Waals surface area (Å²) in [7, 11) is -1.28. The number of nitrogens with zero attached hydrogens (tertiary/aromatic N) is 1. The fourth-order valence-corrected chi connectivity index (χ4v) is 3.27. The molecular formula is C14H15N3O5S2. The molecule has 8 nitrogen and oxygen atoms in total. The van der Waals surface area contributed by atoms with E-state index in [0.717, 1.165) is 0 Å². The maximum absolute atomic E-state index is 12.0. The zero-order valence-electron chi connectivity index (χ0n) is 12.8. The van der Waals surface area contributed by atoms with Crippen molar-refractivity contribution < 1.29 is 22.8 Å². The lowest BCUT2D eigenvalue weighted by Crippen LogP contribution is -2.41. The highest BCUT2D eigenvalue weighted by atomic mass is 32.2. The monoisotopic (exact) mass is 369 g/mol. The number of carbonyl (C=O) groups excluding carboxylic acids is 2. The van der Waals surface area contributed by atoms with E-state index in [2.05, 4.69) is 15.7 Å². The van der Waals surface area contributed by atoms with E-state index in [-0.39, 0.29) is 10.5 Å². The van der Waals surface area contributed by atoms with Crippen molar-refractivity contribution in [2.24, 2.45) is 0 Å². The lowest BCUT2D eigenvalue weighted by Gasteiger charge is -2.14. The van der Waals surface area contributed by atoms with Gasteiger partial charge in [-0.2, -0.15) is 0 Å². The first-order valence-corrected chi connectivity index (χ1v) is 8.95. The van der Waals surface area contributed by atoms with Crippen molar-refractivity contribution in [2.45, 2.75) is 4.90 Å². The summed E-state index contributed by atoms with van der Waals surface area (Å²) in [6.07, 6.45) is 0. The Balaban J connectivity index is 2.02. The third-order valence-corrected chi connectivity index (χ3v) is 5.61. The van der Waals surface area contributed by atoms with E-state index in [0.29, 0.717) is 9.35 Å². The zero-order valence-corrected chi connectivity index (χ0v) is 14.5. The van der Waals surface area contributed by atoms with Gasteiger partial charge in [0.05, 0.1) is 16.9 Å². The van der Waals surface area contributed by atoms with E-state index < -0.39 is 21.8 Å². The molecule has 2 N–H and O–H groups in total. The number of carbonyl (C=O) groups is 2. The quantitative estimate of drug-likeness (QED) is 0.765. The van der Waals surface area contributed by atoms with Gasteiger partial charge in [-0.1, -0.05) is 10.5 Å². The van der Waals surface area contributed by atoms with Crippen LogP contribution in [0.1, 0.15) is 20.0 Å². The Labute approximate surface area is 143 Å². The third-order valence-electron chi connectivity index (χ3n) is 3.04. The molecule has 0 bridgehead atoms. The largest absolute Gasteiger partial charge is 0.288 e. The normalized spacial score (nSPS) is 11.3. The van der Waals surface area contributed by atoms with Gasteiger partial charge in [0, 0.05) is 12.6 Å². The van der Waals surface area contributed by atoms with Crippen LogP contribution in [0.4, 0.5) is 0 Å². The number of benzene rings is 1. The summed E-state index contributed by atoms with van der Waals surface area (Å²) in [5, 5.41) is 1.74. The summed E-state index contributed by atoms with van der Waals surface area (Å²) in [6.45, 7) is 0. The van der Waals surface area contributed by atoms with Crippen molar-refractivity contribution in [1.82, 2.24) is 15.3 Å². The highest BCUT2D eigenvalue weighted by Gasteiger charge is 2.21. The number of nitrogens with one attached hydrogen (secondary N) is 2. The molecule has 0 saturated carbocycles. The van der Waals surface area contributed by atoms with Crippen molar-refractivity contribution in [1.29, 1.82) is 0 Å². The number of amides is 2. The zero-order chi connectivity index (χ0) is 17.7. The molecule has 1 heterocycles. The topological polar surface area (TPSA) is 105 Å². The Morgan fingerprint density at radius 2 is 1.71 bits per heavy atom. The lowest BCUT2D eigenvalue weighted by atomic mass is 10.2. The predicted octanol–water partition coefficient (Wildman–Crippen LogP) is 1.00. The first-order valence-electron chi connectivity index (χ1n) is 6.63. The number of sulfonamides is 1. The second-order valence-electron chi connectivity index (χ2n) is 4.51. The first-order chi connectivity index (χ1) is 11.4. The molecule has 0 spiro atoms. The highest BCUT2D eigenvalue weighted by Crippen LogP contribution is 2.15. The smallest absolute Gasteiger partial charge is 0.279 e. The van der Waals surface area contributed by atoms with Gasteiger partial charge < -0.3 is 0 Å². The Hall–Kier alpha value is -2.27. The van der Waals surface area contributed by atoms with Crippen LogP contribution in [0.25, 0.3) is 0 Å². The molecule has 2 rings (SSSR count). The second kappa shape index (κ2) is 7.53. The molecule has 2 amide bonds. The van der Waals surface area contributed by atoms with Crippen LogP contribution in [0.3, 0.4) is 0 Å². The fraction of sp³-hybridized carbons (Fsp3) is 0.143. The predicted molar refractivity (Wildman–Crippen MR) is 87.7 cm³/mol. The SMILES string of the molecule is CON(C)S(=O)(=O)c1ccc(C(=O)NNC(=O)c2cccs2)cc1. The van der Waals surface area contributed by atoms with Gasteiger partial charge in [-0.15, -0.1) is 11.3 Å². The van der Waals surface area contributed by atoms with Gasteiger partial charge in [-0.3, -0.25) is 25.3 Å². The molecule has 1 aromatic heterocycles. The van der Waals surface area contributed by atoms with Crippen LogP contribution in [-0.4, -0.2) is 38.9 Å². The average Bonchev–Trinajstić information content (AvgIpc) is 3.13. The third kappa shape index (κ3) is 3.97. The van der Waals surface area contributed by atoms with E-state index in [9.17, 15) is 18.0 Å². The Bertz CT molecular complexity index is 817. The van der Waals surface area contributed by atoms with E-state index in [1.807, 2.05) is 0 Å². The minimum Gasteiger partial charge on any atom is -0.288 e. The van der Waals surface area contributed by atoms with Gasteiger partial charge in [0.1, 0.15) is 0 Å². The summed E-state index contributed by atoms with van der Waals surface area (Å²) in [5.41, 5.74) is 4.74. The minimum absolute atomic E-state index is 0.0222. The van der Waals surface area contributed by atoms with E-state index >= 15 is 0 Å². The number of hydrogen-bond acceptors (Lipinski definition) is 6. The Morgan fingerprint density at radius 3 is 2.25 bits per heavy atom. The molecule has 0 atom stereocenters. The summed E-state index contributed by atoms with van der Waals surface area (Å²) < 4.78 is 24.8. The molecule has 1 aromatic carbocycles. The first kappa shape index (κ1) is 18.1. The fourth-order valence-electron chi connectivity index (χ4n) is 1.68. The summed E-state index contributed by atoms with van der Waals surface area (Å²) in [5.74, 6) is -0.997. The van der Waals surface area contributed by atoms with Crippen LogP contribution in [0, 0.1) is 0 Å². The molecule has 0 aliphatic rings. The van der Waals surface area contributed by atoms with E-state index in [1.54, 1.807) is 17.5 Å². The molecule has 0 aliphatic carbocycles. The van der Waals surface area contributed by atoms with E-state index in [1.165, 1.54) is 49.8 Å². The van der Waals surface area contributed by atoms with Gasteiger partial charge in [0.2, 0.25) is 0 Å². The van der Waals surface area contributed by atoms with Gasteiger partial charge in [-0.25, -0.2) is 8.42 Å². The maximum Gasteiger partial charge on any atom is 0.279 e. The molecule has 0 unspecified atom stereocenters. The van der Waals surface area contributed by atoms with Crippen LogP contribution in [-0.2, 0) is 14.9 Å². The van der Waals surface area contributed by atoms with Crippen molar-refractivity contribution in [3.63, 3.8) is 0 Å². The molecule has 24 heavy (non-hydrogen) atoms. The van der Waals surface area contributed by atoms with Crippen molar-refractivity contribution in [3.05, 3.63) is 52.2 Å². The molecule has 0 radical (unpaired) electrons. The van der Waals surface area contributed by atoms with Crippen molar-refractivity contribution >= 4 is 33.2 Å². The van der Waals surface area contributed by atoms with Gasteiger partial charge in [0.25, 0.3) is 21.8 Å². The van der Waals surface area contributed by atoms with Gasteiger partial charge in [-0.05, 0) is 35.7 Å². The Kier molecular flexibility index (Phi) is 5.67. The second-order valence-corrected chi connectivity index (χ2v) is 7.39. The molecule has 0 saturated heterocycles. The summed E-state index contributed by atoms with van der Waals surface area (Å²) in [4.78, 5) is 28.8. The Morgan fingerprint density at radius 1 is 1.08 bits per heavy atom. The number of hydrazine groups is 1. The van der Waals surface area contributed by atoms with Crippen LogP contribution < -0.4 is 10.9 Å². The molecule has 0 fully saturated rings. The molecular weight excluding hydrogens is 354 g/mol. The summed E-state index contributed by atoms with van der Waals surface area (Å²) in [6, 6.07) is 8.57. The number of thiophene rings is 1.